The first-order chi connectivity index (χ1) is 31.5. The molecule has 0 aromatic carbocycles. The number of allylic oxidation sites excluding steroid dienone is 8. The standard InChI is InChI=1S/C45H75N3O16P2/c1-36(2)27-23-19-15-14-17-20-24-28-40(50)59-33-37(62-41(51)29-25-21-16-12-10-8-6-4-3-5-7-9-11-13-18-22-26-32-49)34-60-65(55,56)64-66(57,58)61-35-38-42(52)43(53)44(63-38)48-31-30-39(46)47-45(48)54/h3,5-6,8-9,11-12,16,30-31,36-38,42-44,49,52-53H,4,7,10,13-15,17-29,32-35H2,1-2H3,(H,55,56)(H,57,58)(H2,46,47,54)/b5-3-,8-6-,11-9-,16-12-/t37-,38-,42-,43-,44-/m1/s1. The molecule has 1 saturated heterocycles. The number of carbonyl (C=O) groups excluding carboxylic acids is 2. The number of hydrogen-bond donors (Lipinski definition) is 6. The molecule has 1 aromatic heterocycles. The Morgan fingerprint density at radius 2 is 1.33 bits per heavy atom. The Balaban J connectivity index is 1.85. The molecule has 376 valence electrons. The molecule has 7 atom stereocenters. The number of nitrogens with two attached hydrogens (primary N) is 1. The van der Waals surface area contributed by atoms with Crippen molar-refractivity contribution in [1.82, 2.24) is 9.55 Å². The molecule has 7 N–H and O–H groups in total. The molecule has 19 nitrogen and oxygen atoms in total. The first kappa shape index (κ1) is 58.8. The number of aliphatic hydroxyl groups excluding tert-OH is 3. The summed E-state index contributed by atoms with van der Waals surface area (Å²) < 4.78 is 56.5. The maximum Gasteiger partial charge on any atom is 0.481 e. The Bertz CT molecular complexity index is 1810. The second-order valence-electron chi connectivity index (χ2n) is 16.5. The smallest absolute Gasteiger partial charge is 0.462 e. The number of nitrogen functional groups attached to an aromatic ring is 1. The maximum absolute atomic E-state index is 12.8. The largest absolute Gasteiger partial charge is 0.481 e. The van der Waals surface area contributed by atoms with Crippen LogP contribution in [0.15, 0.2) is 65.7 Å². The lowest BCUT2D eigenvalue weighted by Crippen LogP contribution is -2.36. The van der Waals surface area contributed by atoms with E-state index in [9.17, 15) is 43.5 Å². The summed E-state index contributed by atoms with van der Waals surface area (Å²) in [5, 5.41) is 29.7. The molecular formula is C45H75N3O16P2. The molecular weight excluding hydrogens is 900 g/mol. The number of phosphoric acid groups is 2. The predicted octanol–water partition coefficient (Wildman–Crippen LogP) is 7.44. The van der Waals surface area contributed by atoms with Crippen molar-refractivity contribution in [2.24, 2.45) is 5.92 Å². The molecule has 1 aliphatic rings. The summed E-state index contributed by atoms with van der Waals surface area (Å²) >= 11 is 0. The van der Waals surface area contributed by atoms with Gasteiger partial charge in [-0.05, 0) is 69.8 Å². The van der Waals surface area contributed by atoms with Gasteiger partial charge in [0.15, 0.2) is 12.3 Å². The van der Waals surface area contributed by atoms with E-state index in [1.165, 1.54) is 25.3 Å². The van der Waals surface area contributed by atoms with Gasteiger partial charge in [0.05, 0.1) is 13.2 Å². The normalized spacial score (nSPS) is 20.2. The summed E-state index contributed by atoms with van der Waals surface area (Å²) in [6, 6.07) is 1.24. The zero-order chi connectivity index (χ0) is 48.6. The summed E-state index contributed by atoms with van der Waals surface area (Å²) in [4.78, 5) is 61.6. The van der Waals surface area contributed by atoms with Crippen molar-refractivity contribution in [3.63, 3.8) is 0 Å². The van der Waals surface area contributed by atoms with E-state index in [4.69, 9.17) is 34.1 Å². The number of unbranched alkanes of at least 4 members (excludes halogenated alkanes) is 10. The highest BCUT2D eigenvalue weighted by atomic mass is 31.3. The van der Waals surface area contributed by atoms with E-state index < -0.39 is 83.7 Å². The Labute approximate surface area is 389 Å². The minimum atomic E-state index is -5.44. The van der Waals surface area contributed by atoms with E-state index in [1.807, 2.05) is 18.2 Å². The van der Waals surface area contributed by atoms with Crippen molar-refractivity contribution >= 4 is 33.4 Å². The van der Waals surface area contributed by atoms with Crippen molar-refractivity contribution in [3.8, 4) is 0 Å². The molecule has 0 aliphatic carbocycles. The van der Waals surface area contributed by atoms with Crippen LogP contribution in [-0.2, 0) is 46.3 Å². The van der Waals surface area contributed by atoms with E-state index in [0.29, 0.717) is 25.2 Å². The van der Waals surface area contributed by atoms with Crippen molar-refractivity contribution in [2.45, 2.75) is 166 Å². The fourth-order valence-corrected chi connectivity index (χ4v) is 8.64. The van der Waals surface area contributed by atoms with Crippen LogP contribution in [0.4, 0.5) is 5.82 Å². The van der Waals surface area contributed by atoms with Crippen LogP contribution in [-0.4, -0.2) is 97.4 Å². The molecule has 1 fully saturated rings. The summed E-state index contributed by atoms with van der Waals surface area (Å²) in [5.74, 6) is -0.697. The van der Waals surface area contributed by atoms with Gasteiger partial charge in [0, 0.05) is 25.6 Å². The van der Waals surface area contributed by atoms with Gasteiger partial charge in [0.25, 0.3) is 0 Å². The van der Waals surface area contributed by atoms with Crippen LogP contribution in [0.3, 0.4) is 0 Å². The quantitative estimate of drug-likeness (QED) is 0.0163. The number of aromatic nitrogens is 2. The van der Waals surface area contributed by atoms with Crippen LogP contribution < -0.4 is 11.4 Å². The highest BCUT2D eigenvalue weighted by Gasteiger charge is 2.46. The summed E-state index contributed by atoms with van der Waals surface area (Å²) in [6.45, 7) is 2.29. The fourth-order valence-electron chi connectivity index (χ4n) is 6.53. The average molecular weight is 976 g/mol. The van der Waals surface area contributed by atoms with Gasteiger partial charge >= 0.3 is 33.3 Å². The topological polar surface area (TPSA) is 286 Å². The van der Waals surface area contributed by atoms with Gasteiger partial charge in [-0.2, -0.15) is 9.29 Å². The fraction of sp³-hybridized carbons (Fsp3) is 0.689. The number of ether oxygens (including phenoxy) is 3. The first-order valence-corrected chi connectivity index (χ1v) is 26.1. The van der Waals surface area contributed by atoms with Crippen LogP contribution >= 0.6 is 15.6 Å². The molecule has 1 aliphatic heterocycles. The Hall–Kier alpha value is -3.32. The van der Waals surface area contributed by atoms with Gasteiger partial charge in [-0.3, -0.25) is 23.2 Å². The number of aliphatic hydroxyl groups is 3. The lowest BCUT2D eigenvalue weighted by molar-refractivity contribution is -0.161. The zero-order valence-electron chi connectivity index (χ0n) is 38.6. The van der Waals surface area contributed by atoms with E-state index in [-0.39, 0.29) is 25.3 Å². The summed E-state index contributed by atoms with van der Waals surface area (Å²) in [7, 11) is -10.9. The van der Waals surface area contributed by atoms with Gasteiger partial charge in [0.1, 0.15) is 30.7 Å². The molecule has 2 unspecified atom stereocenters. The van der Waals surface area contributed by atoms with Gasteiger partial charge in [-0.1, -0.05) is 114 Å². The van der Waals surface area contributed by atoms with Crippen LogP contribution in [0.1, 0.15) is 142 Å². The van der Waals surface area contributed by atoms with Crippen LogP contribution in [0.5, 0.6) is 0 Å². The SMILES string of the molecule is CC(C)CCCCCCCCCC(=O)OC[C@H](COP(=O)(O)OP(=O)(O)OC[C@H]1O[C@@H](n2ccc(N)nc2=O)[C@H](O)[C@@H]1O)OC(=O)CCC/C=C\C/C=C\C/C=C\C/C=C\CCCCCO. The third kappa shape index (κ3) is 27.5. The minimum Gasteiger partial charge on any atom is -0.462 e. The van der Waals surface area contributed by atoms with Crippen molar-refractivity contribution < 1.29 is 71.4 Å². The van der Waals surface area contributed by atoms with Gasteiger partial charge < -0.3 is 45.1 Å². The number of phosphoric ester groups is 2. The van der Waals surface area contributed by atoms with Gasteiger partial charge in [0.2, 0.25) is 0 Å². The molecule has 21 heteroatoms. The highest BCUT2D eigenvalue weighted by molar-refractivity contribution is 7.61. The third-order valence-electron chi connectivity index (χ3n) is 10.1. The van der Waals surface area contributed by atoms with E-state index in [1.54, 1.807) is 0 Å². The Kier molecular flexibility index (Phi) is 30.3. The lowest BCUT2D eigenvalue weighted by Gasteiger charge is -2.21. The second kappa shape index (κ2) is 34.0. The molecule has 66 heavy (non-hydrogen) atoms. The van der Waals surface area contributed by atoms with Crippen LogP contribution in [0.25, 0.3) is 0 Å². The number of hydrogen-bond acceptors (Lipinski definition) is 16. The van der Waals surface area contributed by atoms with Crippen LogP contribution in [0.2, 0.25) is 0 Å². The first-order valence-electron chi connectivity index (χ1n) is 23.1. The number of anilines is 1. The number of nitrogens with zero attached hydrogens (tertiary/aromatic N) is 2. The molecule has 0 amide bonds. The highest BCUT2D eigenvalue weighted by Crippen LogP contribution is 2.60. The average Bonchev–Trinajstić information content (AvgIpc) is 3.53. The molecule has 0 radical (unpaired) electrons. The number of esters is 2. The van der Waals surface area contributed by atoms with Crippen molar-refractivity contribution in [2.75, 3.05) is 32.2 Å². The predicted molar refractivity (Wildman–Crippen MR) is 249 cm³/mol. The maximum atomic E-state index is 12.8. The van der Waals surface area contributed by atoms with Gasteiger partial charge in [-0.15, -0.1) is 0 Å². The summed E-state index contributed by atoms with van der Waals surface area (Å²) in [5.41, 5.74) is 4.57. The Morgan fingerprint density at radius 3 is 1.95 bits per heavy atom. The van der Waals surface area contributed by atoms with Crippen molar-refractivity contribution in [1.29, 1.82) is 0 Å². The second-order valence-corrected chi connectivity index (χ2v) is 19.5. The molecule has 1 aromatic rings. The van der Waals surface area contributed by atoms with Crippen molar-refractivity contribution in [3.05, 3.63) is 71.4 Å². The number of rotatable bonds is 37. The monoisotopic (exact) mass is 975 g/mol. The summed E-state index contributed by atoms with van der Waals surface area (Å²) in [6.07, 6.45) is 25.5. The van der Waals surface area contributed by atoms with E-state index in [2.05, 4.69) is 53.5 Å². The van der Waals surface area contributed by atoms with E-state index >= 15 is 0 Å². The molecule has 0 saturated carbocycles. The van der Waals surface area contributed by atoms with Gasteiger partial charge in [-0.25, -0.2) is 13.9 Å². The zero-order valence-corrected chi connectivity index (χ0v) is 40.4. The molecule has 0 bridgehead atoms. The Morgan fingerprint density at radius 1 is 0.773 bits per heavy atom. The molecule has 0 spiro atoms. The van der Waals surface area contributed by atoms with Crippen LogP contribution in [0, 0.1) is 5.92 Å². The third-order valence-corrected chi connectivity index (χ3v) is 12.8. The number of carbonyl (C=O) groups is 2. The minimum absolute atomic E-state index is 0.0366. The van der Waals surface area contributed by atoms with E-state index in [0.717, 1.165) is 81.4 Å². The molecule has 2 heterocycles. The lowest BCUT2D eigenvalue weighted by atomic mass is 10.0. The molecule has 2 rings (SSSR count).